The molecular formula is C27H42N2O4S. The van der Waals surface area contributed by atoms with Crippen LogP contribution < -0.4 is 5.32 Å². The highest BCUT2D eigenvalue weighted by Gasteiger charge is 2.42. The second-order valence-corrected chi connectivity index (χ2v) is 11.6. The van der Waals surface area contributed by atoms with Gasteiger partial charge in [-0.05, 0) is 64.0 Å². The molecule has 6 nitrogen and oxygen atoms in total. The first kappa shape index (κ1) is 28.4. The second-order valence-electron chi connectivity index (χ2n) is 10.5. The first-order valence-electron chi connectivity index (χ1n) is 12.3. The second kappa shape index (κ2) is 12.2. The molecule has 3 N–H and O–H groups in total. The molecule has 190 valence electrons. The molecule has 0 bridgehead atoms. The number of thiazole rings is 1. The van der Waals surface area contributed by atoms with Crippen LogP contribution in [0.5, 0.6) is 0 Å². The van der Waals surface area contributed by atoms with Crippen LogP contribution in [0.1, 0.15) is 84.3 Å². The van der Waals surface area contributed by atoms with E-state index in [-0.39, 0.29) is 30.1 Å². The molecule has 1 aromatic heterocycles. The fraction of sp³-hybridized carbons (Fsp3) is 0.667. The number of amides is 1. The fourth-order valence-electron chi connectivity index (χ4n) is 4.52. The predicted octanol–water partition coefficient (Wildman–Crippen LogP) is 4.84. The summed E-state index contributed by atoms with van der Waals surface area (Å²) in [5.41, 5.74) is 1.94. The van der Waals surface area contributed by atoms with E-state index in [4.69, 9.17) is 0 Å². The lowest BCUT2D eigenvalue weighted by atomic mass is 9.73. The number of Topliss-reactive ketones (excluding diaryl/α,β-unsaturated/α-hetero) is 1. The summed E-state index contributed by atoms with van der Waals surface area (Å²) in [7, 11) is 0. The van der Waals surface area contributed by atoms with E-state index in [1.165, 1.54) is 5.57 Å². The molecule has 1 aliphatic rings. The quantitative estimate of drug-likeness (QED) is 0.515. The Bertz CT molecular complexity index is 917. The minimum atomic E-state index is -1.15. The number of nitrogens with zero attached hydrogens (tertiary/aromatic N) is 1. The summed E-state index contributed by atoms with van der Waals surface area (Å²) >= 11 is 1.58. The van der Waals surface area contributed by atoms with Gasteiger partial charge in [0.25, 0.3) is 0 Å². The van der Waals surface area contributed by atoms with Gasteiger partial charge in [-0.15, -0.1) is 11.3 Å². The lowest BCUT2D eigenvalue weighted by molar-refractivity contribution is -0.143. The van der Waals surface area contributed by atoms with Crippen LogP contribution in [0.3, 0.4) is 0 Å². The molecule has 2 heterocycles. The fourth-order valence-corrected chi connectivity index (χ4v) is 5.09. The standard InChI is InChI=1S/C27H42N2O4S/c1-16-9-8-10-17(2)25(32)19(4)26(33)27(6,7)23(30)14-24(31)29-22(12-11-16)18(3)13-21-15-34-20(5)28-21/h11,13,15,17,19,22-23,25,30,32H,8-10,12,14H2,1-7H3,(H,29,31)/b16-11-,18-13+. The Labute approximate surface area is 208 Å². The zero-order valence-corrected chi connectivity index (χ0v) is 22.5. The number of aromatic nitrogens is 1. The van der Waals surface area contributed by atoms with E-state index in [1.54, 1.807) is 32.1 Å². The Morgan fingerprint density at radius 3 is 2.53 bits per heavy atom. The van der Waals surface area contributed by atoms with Gasteiger partial charge in [-0.1, -0.05) is 39.3 Å². The summed E-state index contributed by atoms with van der Waals surface area (Å²) < 4.78 is 0. The molecule has 7 heteroatoms. The molecule has 0 fully saturated rings. The zero-order valence-electron chi connectivity index (χ0n) is 21.7. The summed E-state index contributed by atoms with van der Waals surface area (Å²) in [4.78, 5) is 30.6. The summed E-state index contributed by atoms with van der Waals surface area (Å²) in [5, 5.41) is 27.7. The van der Waals surface area contributed by atoms with E-state index < -0.39 is 23.5 Å². The molecule has 1 aliphatic heterocycles. The molecule has 1 aromatic rings. The van der Waals surface area contributed by atoms with E-state index >= 15 is 0 Å². The number of aliphatic hydroxyl groups is 2. The van der Waals surface area contributed by atoms with Crippen LogP contribution >= 0.6 is 11.3 Å². The minimum absolute atomic E-state index is 0.0320. The highest BCUT2D eigenvalue weighted by molar-refractivity contribution is 7.09. The molecule has 2 rings (SSSR count). The number of aliphatic hydroxyl groups excluding tert-OH is 2. The molecular weight excluding hydrogens is 448 g/mol. The van der Waals surface area contributed by atoms with Gasteiger partial charge < -0.3 is 15.5 Å². The molecule has 0 aromatic carbocycles. The maximum Gasteiger partial charge on any atom is 0.223 e. The van der Waals surface area contributed by atoms with Crippen LogP contribution in [0.15, 0.2) is 22.6 Å². The Kier molecular flexibility index (Phi) is 10.2. The van der Waals surface area contributed by atoms with E-state index in [0.717, 1.165) is 35.5 Å². The van der Waals surface area contributed by atoms with Crippen LogP contribution in [0.2, 0.25) is 0 Å². The summed E-state index contributed by atoms with van der Waals surface area (Å²) in [6.07, 6.45) is 5.30. The van der Waals surface area contributed by atoms with Crippen molar-refractivity contribution in [3.05, 3.63) is 33.3 Å². The number of carbonyl (C=O) groups is 2. The van der Waals surface area contributed by atoms with Crippen molar-refractivity contribution in [2.75, 3.05) is 0 Å². The number of hydrogen-bond acceptors (Lipinski definition) is 6. The monoisotopic (exact) mass is 490 g/mol. The molecule has 0 aliphatic carbocycles. The van der Waals surface area contributed by atoms with Crippen molar-refractivity contribution in [2.24, 2.45) is 17.3 Å². The van der Waals surface area contributed by atoms with Gasteiger partial charge >= 0.3 is 0 Å². The van der Waals surface area contributed by atoms with E-state index in [2.05, 4.69) is 23.3 Å². The summed E-state index contributed by atoms with van der Waals surface area (Å²) in [6.45, 7) is 13.0. The average molecular weight is 491 g/mol. The Balaban J connectivity index is 2.33. The van der Waals surface area contributed by atoms with Crippen molar-refractivity contribution >= 4 is 29.1 Å². The predicted molar refractivity (Wildman–Crippen MR) is 138 cm³/mol. The van der Waals surface area contributed by atoms with E-state index in [1.807, 2.05) is 32.2 Å². The molecule has 1 amide bonds. The zero-order chi connectivity index (χ0) is 25.6. The molecule has 0 saturated carbocycles. The Morgan fingerprint density at radius 2 is 1.91 bits per heavy atom. The largest absolute Gasteiger partial charge is 0.392 e. The maximum absolute atomic E-state index is 13.2. The minimum Gasteiger partial charge on any atom is -0.392 e. The number of rotatable bonds is 2. The number of carbonyl (C=O) groups excluding carboxylic acids is 2. The highest BCUT2D eigenvalue weighted by atomic mass is 32.1. The van der Waals surface area contributed by atoms with Crippen LogP contribution in [0.4, 0.5) is 0 Å². The van der Waals surface area contributed by atoms with Gasteiger partial charge in [-0.3, -0.25) is 9.59 Å². The van der Waals surface area contributed by atoms with Crippen LogP contribution in [0, 0.1) is 24.2 Å². The number of aryl methyl sites for hydroxylation is 1. The molecule has 5 atom stereocenters. The smallest absolute Gasteiger partial charge is 0.223 e. The van der Waals surface area contributed by atoms with Crippen molar-refractivity contribution in [2.45, 2.75) is 98.8 Å². The van der Waals surface area contributed by atoms with E-state index in [9.17, 15) is 19.8 Å². The lowest BCUT2D eigenvalue weighted by Crippen LogP contribution is -2.47. The number of nitrogens with one attached hydrogen (secondary N) is 1. The lowest BCUT2D eigenvalue weighted by Gasteiger charge is -2.34. The topological polar surface area (TPSA) is 99.5 Å². The van der Waals surface area contributed by atoms with Crippen molar-refractivity contribution in [3.63, 3.8) is 0 Å². The highest BCUT2D eigenvalue weighted by Crippen LogP contribution is 2.32. The number of ketones is 1. The van der Waals surface area contributed by atoms with Gasteiger partial charge in [0.1, 0.15) is 5.78 Å². The van der Waals surface area contributed by atoms with Gasteiger partial charge in [-0.25, -0.2) is 4.98 Å². The third-order valence-corrected chi connectivity index (χ3v) is 7.98. The van der Waals surface area contributed by atoms with Crippen molar-refractivity contribution in [1.29, 1.82) is 0 Å². The van der Waals surface area contributed by atoms with Crippen LogP contribution in [-0.4, -0.2) is 45.1 Å². The average Bonchev–Trinajstić information content (AvgIpc) is 3.18. The Morgan fingerprint density at radius 1 is 1.24 bits per heavy atom. The van der Waals surface area contributed by atoms with Gasteiger partial charge in [0.2, 0.25) is 5.91 Å². The van der Waals surface area contributed by atoms with Crippen molar-refractivity contribution < 1.29 is 19.8 Å². The Hall–Kier alpha value is -1.83. The van der Waals surface area contributed by atoms with Gasteiger partial charge in [0.05, 0.1) is 40.8 Å². The van der Waals surface area contributed by atoms with Crippen LogP contribution in [0.25, 0.3) is 6.08 Å². The number of hydrogen-bond donors (Lipinski definition) is 3. The third-order valence-electron chi connectivity index (χ3n) is 7.19. The normalized spacial score (nSPS) is 32.1. The van der Waals surface area contributed by atoms with Crippen molar-refractivity contribution in [1.82, 2.24) is 10.3 Å². The molecule has 0 spiro atoms. The molecule has 5 unspecified atom stereocenters. The molecule has 0 saturated heterocycles. The first-order chi connectivity index (χ1) is 15.8. The summed E-state index contributed by atoms with van der Waals surface area (Å²) in [6, 6.07) is -0.233. The number of allylic oxidation sites excluding steroid dienone is 1. The first-order valence-corrected chi connectivity index (χ1v) is 13.2. The van der Waals surface area contributed by atoms with Gasteiger partial charge in [-0.2, -0.15) is 0 Å². The SMILES string of the molecule is C/C1=C/CC(/C(C)=C/c2csc(C)n2)NC(=O)CC(O)C(C)(C)C(=O)C(C)C(O)C(C)CCC1. The molecule has 0 radical (unpaired) electrons. The van der Waals surface area contributed by atoms with Gasteiger partial charge in [0, 0.05) is 11.3 Å². The van der Waals surface area contributed by atoms with Crippen molar-refractivity contribution in [3.8, 4) is 0 Å². The maximum atomic E-state index is 13.2. The third kappa shape index (κ3) is 7.59. The van der Waals surface area contributed by atoms with E-state index in [0.29, 0.717) is 6.42 Å². The molecule has 34 heavy (non-hydrogen) atoms. The van der Waals surface area contributed by atoms with Crippen LogP contribution in [-0.2, 0) is 9.59 Å². The van der Waals surface area contributed by atoms with Gasteiger partial charge in [0.15, 0.2) is 0 Å². The summed E-state index contributed by atoms with van der Waals surface area (Å²) in [5.74, 6) is -1.18.